The molecule has 0 unspecified atom stereocenters. The zero-order chi connectivity index (χ0) is 11.5. The Morgan fingerprint density at radius 1 is 1.20 bits per heavy atom. The van der Waals surface area contributed by atoms with Gasteiger partial charge in [0.05, 0.1) is 6.26 Å². The number of fused-ring (bicyclic) bond motifs is 1. The second-order valence-electron chi connectivity index (χ2n) is 4.25. The van der Waals surface area contributed by atoms with Gasteiger partial charge in [0, 0.05) is 11.8 Å². The van der Waals surface area contributed by atoms with Crippen molar-refractivity contribution in [2.45, 2.75) is 40.0 Å². The molecule has 2 heteroatoms. The molecular formula is C13H19NO. The third-order valence-electron chi connectivity index (χ3n) is 2.14. The van der Waals surface area contributed by atoms with Crippen molar-refractivity contribution in [1.29, 1.82) is 0 Å². The fourth-order valence-electron chi connectivity index (χ4n) is 1.40. The first-order valence-electron chi connectivity index (χ1n) is 5.42. The van der Waals surface area contributed by atoms with Crippen LogP contribution in [0.2, 0.25) is 0 Å². The Labute approximate surface area is 91.3 Å². The summed E-state index contributed by atoms with van der Waals surface area (Å²) in [6, 6.07) is 3.83. The number of pyridine rings is 1. The highest BCUT2D eigenvalue weighted by molar-refractivity contribution is 5.77. The van der Waals surface area contributed by atoms with Gasteiger partial charge in [0.15, 0.2) is 5.58 Å². The van der Waals surface area contributed by atoms with E-state index in [1.807, 2.05) is 26.0 Å². The molecule has 82 valence electrons. The molecule has 0 aliphatic carbocycles. The molecule has 0 saturated heterocycles. The molecule has 0 aliphatic heterocycles. The van der Waals surface area contributed by atoms with E-state index in [0.717, 1.165) is 11.1 Å². The smallest absolute Gasteiger partial charge is 0.152 e. The first kappa shape index (κ1) is 11.8. The van der Waals surface area contributed by atoms with E-state index in [2.05, 4.69) is 25.8 Å². The van der Waals surface area contributed by atoms with Crippen molar-refractivity contribution in [3.63, 3.8) is 0 Å². The molecule has 2 rings (SSSR count). The Hall–Kier alpha value is -1.31. The van der Waals surface area contributed by atoms with Gasteiger partial charge in [0.1, 0.15) is 5.52 Å². The largest absolute Gasteiger partial charge is 0.462 e. The van der Waals surface area contributed by atoms with Crippen molar-refractivity contribution in [3.8, 4) is 0 Å². The van der Waals surface area contributed by atoms with E-state index < -0.39 is 0 Å². The third-order valence-corrected chi connectivity index (χ3v) is 2.14. The highest BCUT2D eigenvalue weighted by Crippen LogP contribution is 2.29. The zero-order valence-electron chi connectivity index (χ0n) is 10.2. The van der Waals surface area contributed by atoms with Crippen LogP contribution in [0, 0.1) is 0 Å². The van der Waals surface area contributed by atoms with Crippen LogP contribution in [0.4, 0.5) is 0 Å². The summed E-state index contributed by atoms with van der Waals surface area (Å²) in [6.07, 6.45) is 3.60. The van der Waals surface area contributed by atoms with Gasteiger partial charge >= 0.3 is 0 Å². The summed E-state index contributed by atoms with van der Waals surface area (Å²) in [5.41, 5.74) is 3.12. The lowest BCUT2D eigenvalue weighted by molar-refractivity contribution is 0.557. The fraction of sp³-hybridized carbons (Fsp3) is 0.462. The van der Waals surface area contributed by atoms with E-state index in [1.165, 1.54) is 5.56 Å². The molecule has 15 heavy (non-hydrogen) atoms. The van der Waals surface area contributed by atoms with Crippen LogP contribution in [-0.4, -0.2) is 4.98 Å². The Kier molecular flexibility index (Phi) is 3.51. The minimum Gasteiger partial charge on any atom is -0.462 e. The lowest BCUT2D eigenvalue weighted by atomic mass is 9.88. The average Bonchev–Trinajstić information content (AvgIpc) is 2.63. The highest BCUT2D eigenvalue weighted by atomic mass is 16.3. The predicted octanol–water partition coefficient (Wildman–Crippen LogP) is 4.15. The normalized spacial score (nSPS) is 11.0. The number of nitrogens with zero attached hydrogens (tertiary/aromatic N) is 1. The summed E-state index contributed by atoms with van der Waals surface area (Å²) < 4.78 is 5.41. The van der Waals surface area contributed by atoms with Crippen molar-refractivity contribution < 1.29 is 4.42 Å². The summed E-state index contributed by atoms with van der Waals surface area (Å²) in [5.74, 6) is 0. The monoisotopic (exact) mass is 205 g/mol. The minimum absolute atomic E-state index is 0.0968. The van der Waals surface area contributed by atoms with Crippen molar-refractivity contribution >= 4 is 11.1 Å². The van der Waals surface area contributed by atoms with Crippen LogP contribution < -0.4 is 0 Å². The van der Waals surface area contributed by atoms with E-state index in [-0.39, 0.29) is 5.41 Å². The number of hydrogen-bond donors (Lipinski definition) is 0. The molecule has 0 bridgehead atoms. The highest BCUT2D eigenvalue weighted by Gasteiger charge is 2.19. The Morgan fingerprint density at radius 3 is 2.47 bits per heavy atom. The summed E-state index contributed by atoms with van der Waals surface area (Å²) in [6.45, 7) is 10.5. The SMILES string of the molecule is CC.CC(C)(C)c1coc2cccnc12. The molecule has 2 aromatic heterocycles. The first-order chi connectivity index (χ1) is 7.09. The van der Waals surface area contributed by atoms with Gasteiger partial charge in [-0.2, -0.15) is 0 Å². The lowest BCUT2D eigenvalue weighted by Crippen LogP contribution is -2.10. The summed E-state index contributed by atoms with van der Waals surface area (Å²) in [5, 5.41) is 0. The Morgan fingerprint density at radius 2 is 1.87 bits per heavy atom. The quantitative estimate of drug-likeness (QED) is 0.645. The topological polar surface area (TPSA) is 26.0 Å². The molecule has 0 radical (unpaired) electrons. The second-order valence-corrected chi connectivity index (χ2v) is 4.25. The summed E-state index contributed by atoms with van der Waals surface area (Å²) >= 11 is 0. The Bertz CT molecular complexity index is 423. The molecule has 0 spiro atoms. The van der Waals surface area contributed by atoms with Crippen LogP contribution in [0.1, 0.15) is 40.2 Å². The van der Waals surface area contributed by atoms with Crippen molar-refractivity contribution in [1.82, 2.24) is 4.98 Å². The van der Waals surface area contributed by atoms with Crippen LogP contribution in [-0.2, 0) is 5.41 Å². The molecule has 2 nitrogen and oxygen atoms in total. The number of hydrogen-bond acceptors (Lipinski definition) is 2. The van der Waals surface area contributed by atoms with E-state index in [0.29, 0.717) is 0 Å². The molecule has 0 N–H and O–H groups in total. The number of rotatable bonds is 0. The molecule has 0 atom stereocenters. The first-order valence-corrected chi connectivity index (χ1v) is 5.42. The molecule has 0 aromatic carbocycles. The lowest BCUT2D eigenvalue weighted by Gasteiger charge is -2.15. The number of aromatic nitrogens is 1. The second kappa shape index (κ2) is 4.47. The summed E-state index contributed by atoms with van der Waals surface area (Å²) in [7, 11) is 0. The van der Waals surface area contributed by atoms with Gasteiger partial charge in [-0.15, -0.1) is 0 Å². The van der Waals surface area contributed by atoms with Gasteiger partial charge < -0.3 is 4.42 Å². The van der Waals surface area contributed by atoms with Gasteiger partial charge in [-0.3, -0.25) is 4.98 Å². The van der Waals surface area contributed by atoms with Gasteiger partial charge in [-0.05, 0) is 17.5 Å². The van der Waals surface area contributed by atoms with Crippen molar-refractivity contribution in [2.75, 3.05) is 0 Å². The molecule has 2 aromatic rings. The van der Waals surface area contributed by atoms with Crippen LogP contribution >= 0.6 is 0 Å². The van der Waals surface area contributed by atoms with E-state index in [4.69, 9.17) is 4.42 Å². The van der Waals surface area contributed by atoms with Gasteiger partial charge in [-0.25, -0.2) is 0 Å². The fourth-order valence-corrected chi connectivity index (χ4v) is 1.40. The van der Waals surface area contributed by atoms with E-state index >= 15 is 0 Å². The average molecular weight is 205 g/mol. The van der Waals surface area contributed by atoms with Crippen molar-refractivity contribution in [2.24, 2.45) is 0 Å². The van der Waals surface area contributed by atoms with Crippen LogP contribution in [0.15, 0.2) is 29.0 Å². The summed E-state index contributed by atoms with van der Waals surface area (Å²) in [4.78, 5) is 4.31. The van der Waals surface area contributed by atoms with Gasteiger partial charge in [0.25, 0.3) is 0 Å². The van der Waals surface area contributed by atoms with Gasteiger partial charge in [-0.1, -0.05) is 34.6 Å². The van der Waals surface area contributed by atoms with E-state index in [9.17, 15) is 0 Å². The van der Waals surface area contributed by atoms with Crippen LogP contribution in [0.25, 0.3) is 11.1 Å². The molecule has 0 saturated carbocycles. The zero-order valence-corrected chi connectivity index (χ0v) is 10.2. The molecule has 0 aliphatic rings. The van der Waals surface area contributed by atoms with Crippen LogP contribution in [0.3, 0.4) is 0 Å². The Balaban J connectivity index is 0.000000531. The molecule has 2 heterocycles. The van der Waals surface area contributed by atoms with Crippen LogP contribution in [0.5, 0.6) is 0 Å². The molecule has 0 fully saturated rings. The predicted molar refractivity (Wildman–Crippen MR) is 64.1 cm³/mol. The maximum atomic E-state index is 5.41. The van der Waals surface area contributed by atoms with Gasteiger partial charge in [0.2, 0.25) is 0 Å². The minimum atomic E-state index is 0.0968. The number of furan rings is 1. The standard InChI is InChI=1S/C11H13NO.C2H6/c1-11(2,3)8-7-13-9-5-4-6-12-10(8)9;1-2/h4-7H,1-3H3;1-2H3. The third kappa shape index (κ3) is 2.38. The van der Waals surface area contributed by atoms with Crippen molar-refractivity contribution in [3.05, 3.63) is 30.2 Å². The maximum absolute atomic E-state index is 5.41. The molecule has 0 amide bonds. The maximum Gasteiger partial charge on any atom is 0.152 e. The van der Waals surface area contributed by atoms with E-state index in [1.54, 1.807) is 12.5 Å². The molecular weight excluding hydrogens is 186 g/mol.